The van der Waals surface area contributed by atoms with Gasteiger partial charge >= 0.3 is 0 Å². The largest absolute Gasteiger partial charge is 0.270 e. The maximum Gasteiger partial charge on any atom is 0.261 e. The summed E-state index contributed by atoms with van der Waals surface area (Å²) in [5.74, 6) is -1.13. The molecule has 0 N–H and O–H groups in total. The highest BCUT2D eigenvalue weighted by atomic mass is 19.1. The van der Waals surface area contributed by atoms with Gasteiger partial charge in [-0.1, -0.05) is 12.1 Å². The lowest BCUT2D eigenvalue weighted by molar-refractivity contribution is 0.0671. The molecule has 0 radical (unpaired) electrons. The van der Waals surface area contributed by atoms with Crippen LogP contribution in [0.4, 0.5) is 4.39 Å². The molecular weight excluding hydrogens is 209 g/mol. The molecule has 2 rings (SSSR count). The van der Waals surface area contributed by atoms with Crippen molar-refractivity contribution in [1.82, 2.24) is 4.90 Å². The summed E-state index contributed by atoms with van der Waals surface area (Å²) in [7, 11) is 0. The van der Waals surface area contributed by atoms with Crippen molar-refractivity contribution in [2.75, 3.05) is 6.54 Å². The van der Waals surface area contributed by atoms with Crippen LogP contribution in [0.2, 0.25) is 0 Å². The molecule has 0 fully saturated rings. The first-order chi connectivity index (χ1) is 7.61. The number of carbonyl (C=O) groups excluding carboxylic acids is 2. The van der Waals surface area contributed by atoms with Gasteiger partial charge in [0, 0.05) is 0 Å². The number of benzene rings is 1. The number of nitrogens with zero attached hydrogens (tertiary/aromatic N) is 1. The predicted octanol–water partition coefficient (Wildman–Crippen LogP) is 2.16. The van der Waals surface area contributed by atoms with Crippen molar-refractivity contribution in [1.29, 1.82) is 0 Å². The Morgan fingerprint density at radius 1 is 1.25 bits per heavy atom. The monoisotopic (exact) mass is 219 g/mol. The standard InChI is InChI=1S/C12H10FNO2/c1-8(13)6-7-14-11(15)9-4-2-3-5-10(9)12(14)16/h2-6H,7H2,1H3. The summed E-state index contributed by atoms with van der Waals surface area (Å²) in [6.07, 6.45) is 1.21. The van der Waals surface area contributed by atoms with E-state index >= 15 is 0 Å². The second-order valence-corrected chi connectivity index (χ2v) is 3.56. The van der Waals surface area contributed by atoms with Crippen LogP contribution in [0.1, 0.15) is 27.6 Å². The van der Waals surface area contributed by atoms with Crippen molar-refractivity contribution < 1.29 is 14.0 Å². The Kier molecular flexibility index (Phi) is 2.56. The summed E-state index contributed by atoms with van der Waals surface area (Å²) in [6.45, 7) is 1.26. The quantitative estimate of drug-likeness (QED) is 0.715. The molecule has 82 valence electrons. The fraction of sp³-hybridized carbons (Fsp3) is 0.167. The third-order valence-electron chi connectivity index (χ3n) is 2.43. The van der Waals surface area contributed by atoms with Crippen LogP contribution in [0.15, 0.2) is 36.2 Å². The van der Waals surface area contributed by atoms with Crippen LogP contribution in [-0.2, 0) is 0 Å². The Bertz CT molecular complexity index is 455. The van der Waals surface area contributed by atoms with E-state index < -0.39 is 5.83 Å². The molecule has 1 aliphatic rings. The molecule has 0 unspecified atom stereocenters. The number of imide groups is 1. The van der Waals surface area contributed by atoms with Crippen LogP contribution >= 0.6 is 0 Å². The molecule has 0 aromatic heterocycles. The summed E-state index contributed by atoms with van der Waals surface area (Å²) >= 11 is 0. The zero-order valence-electron chi connectivity index (χ0n) is 8.74. The number of halogens is 1. The molecule has 4 heteroatoms. The molecule has 0 bridgehead atoms. The summed E-state index contributed by atoms with van der Waals surface area (Å²) in [6, 6.07) is 6.59. The predicted molar refractivity (Wildman–Crippen MR) is 56.7 cm³/mol. The molecule has 0 atom stereocenters. The van der Waals surface area contributed by atoms with Crippen molar-refractivity contribution in [2.45, 2.75) is 6.92 Å². The Hall–Kier alpha value is -1.97. The molecular formula is C12H10FNO2. The van der Waals surface area contributed by atoms with Gasteiger partial charge in [0.15, 0.2) is 0 Å². The van der Waals surface area contributed by atoms with Crippen molar-refractivity contribution in [2.24, 2.45) is 0 Å². The highest BCUT2D eigenvalue weighted by molar-refractivity contribution is 6.21. The summed E-state index contributed by atoms with van der Waals surface area (Å²) in [4.78, 5) is 24.6. The first-order valence-corrected chi connectivity index (χ1v) is 4.88. The number of amides is 2. The zero-order chi connectivity index (χ0) is 11.7. The fourth-order valence-electron chi connectivity index (χ4n) is 1.62. The van der Waals surface area contributed by atoms with Crippen molar-refractivity contribution in [3.05, 3.63) is 47.3 Å². The van der Waals surface area contributed by atoms with Gasteiger partial charge in [0.1, 0.15) is 0 Å². The van der Waals surface area contributed by atoms with E-state index in [1.54, 1.807) is 24.3 Å². The average Bonchev–Trinajstić information content (AvgIpc) is 2.50. The summed E-state index contributed by atoms with van der Waals surface area (Å²) < 4.78 is 12.5. The molecule has 16 heavy (non-hydrogen) atoms. The van der Waals surface area contributed by atoms with Gasteiger partial charge in [0.25, 0.3) is 11.8 Å². The fourth-order valence-corrected chi connectivity index (χ4v) is 1.62. The first kappa shape index (κ1) is 10.5. The molecule has 1 aromatic rings. The molecule has 0 saturated heterocycles. The molecule has 0 spiro atoms. The second-order valence-electron chi connectivity index (χ2n) is 3.56. The molecule has 3 nitrogen and oxygen atoms in total. The zero-order valence-corrected chi connectivity index (χ0v) is 8.74. The Balaban J connectivity index is 2.32. The maximum atomic E-state index is 12.5. The minimum atomic E-state index is -0.406. The van der Waals surface area contributed by atoms with E-state index in [9.17, 15) is 14.0 Å². The van der Waals surface area contributed by atoms with Gasteiger partial charge in [-0.3, -0.25) is 14.5 Å². The highest BCUT2D eigenvalue weighted by Crippen LogP contribution is 2.22. The Labute approximate surface area is 92.2 Å². The maximum absolute atomic E-state index is 12.5. The number of fused-ring (bicyclic) bond motifs is 1. The lowest BCUT2D eigenvalue weighted by Gasteiger charge is -2.10. The van der Waals surface area contributed by atoms with E-state index in [1.807, 2.05) is 0 Å². The van der Waals surface area contributed by atoms with Crippen LogP contribution in [0, 0.1) is 0 Å². The van der Waals surface area contributed by atoms with E-state index in [2.05, 4.69) is 0 Å². The van der Waals surface area contributed by atoms with E-state index in [1.165, 1.54) is 13.0 Å². The van der Waals surface area contributed by atoms with Gasteiger partial charge in [-0.15, -0.1) is 0 Å². The van der Waals surface area contributed by atoms with Gasteiger partial charge in [-0.05, 0) is 25.1 Å². The molecule has 1 aromatic carbocycles. The number of carbonyl (C=O) groups is 2. The third kappa shape index (κ3) is 1.62. The van der Waals surface area contributed by atoms with Crippen LogP contribution in [0.3, 0.4) is 0 Å². The van der Waals surface area contributed by atoms with E-state index in [4.69, 9.17) is 0 Å². The topological polar surface area (TPSA) is 37.4 Å². The number of hydrogen-bond donors (Lipinski definition) is 0. The van der Waals surface area contributed by atoms with Gasteiger partial charge < -0.3 is 0 Å². The second kappa shape index (κ2) is 3.89. The van der Waals surface area contributed by atoms with Crippen molar-refractivity contribution in [3.8, 4) is 0 Å². The van der Waals surface area contributed by atoms with Crippen LogP contribution < -0.4 is 0 Å². The summed E-state index contributed by atoms with van der Waals surface area (Å²) in [5, 5.41) is 0. The van der Waals surface area contributed by atoms with Crippen LogP contribution in [0.5, 0.6) is 0 Å². The normalized spacial score (nSPS) is 15.6. The number of allylic oxidation sites excluding steroid dienone is 1. The van der Waals surface area contributed by atoms with Gasteiger partial charge in [-0.25, -0.2) is 4.39 Å². The Morgan fingerprint density at radius 2 is 1.75 bits per heavy atom. The molecule has 0 saturated carbocycles. The van der Waals surface area contributed by atoms with Crippen LogP contribution in [-0.4, -0.2) is 23.3 Å². The van der Waals surface area contributed by atoms with E-state index in [0.717, 1.165) is 4.90 Å². The lowest BCUT2D eigenvalue weighted by atomic mass is 10.1. The van der Waals surface area contributed by atoms with Crippen molar-refractivity contribution in [3.63, 3.8) is 0 Å². The lowest BCUT2D eigenvalue weighted by Crippen LogP contribution is -2.29. The molecule has 2 amide bonds. The highest BCUT2D eigenvalue weighted by Gasteiger charge is 2.34. The first-order valence-electron chi connectivity index (χ1n) is 4.88. The number of hydrogen-bond acceptors (Lipinski definition) is 2. The minimum absolute atomic E-state index is 0.0192. The Morgan fingerprint density at radius 3 is 2.19 bits per heavy atom. The van der Waals surface area contributed by atoms with Gasteiger partial charge in [-0.2, -0.15) is 0 Å². The van der Waals surface area contributed by atoms with Crippen molar-refractivity contribution >= 4 is 11.8 Å². The van der Waals surface area contributed by atoms with Gasteiger partial charge in [0.05, 0.1) is 23.5 Å². The van der Waals surface area contributed by atoms with Gasteiger partial charge in [0.2, 0.25) is 0 Å². The average molecular weight is 219 g/mol. The minimum Gasteiger partial charge on any atom is -0.270 e. The third-order valence-corrected chi connectivity index (χ3v) is 2.43. The summed E-state index contributed by atoms with van der Waals surface area (Å²) in [5.41, 5.74) is 0.773. The van der Waals surface area contributed by atoms with E-state index in [0.29, 0.717) is 11.1 Å². The molecule has 0 aliphatic carbocycles. The van der Waals surface area contributed by atoms with Crippen LogP contribution in [0.25, 0.3) is 0 Å². The smallest absolute Gasteiger partial charge is 0.261 e. The van der Waals surface area contributed by atoms with E-state index in [-0.39, 0.29) is 18.4 Å². The molecule has 1 heterocycles. The SMILES string of the molecule is CC(F)=CCN1C(=O)c2ccccc2C1=O. The molecule has 1 aliphatic heterocycles. The number of rotatable bonds is 2.